The molecular formula is C18H10ClFN2O4. The summed E-state index contributed by atoms with van der Waals surface area (Å²) in [5, 5.41) is 5.01. The van der Waals surface area contributed by atoms with Crippen LogP contribution in [0.5, 0.6) is 0 Å². The van der Waals surface area contributed by atoms with Gasteiger partial charge >= 0.3 is 5.97 Å². The molecule has 0 atom stereocenters. The number of fused-ring (bicyclic) bond motifs is 1. The molecule has 0 radical (unpaired) electrons. The summed E-state index contributed by atoms with van der Waals surface area (Å²) in [6.45, 7) is -0.217. The lowest BCUT2D eigenvalue weighted by molar-refractivity contribution is 0.0396. The number of carbonyl (C=O) groups excluding carboxylic acids is 1. The first-order valence-corrected chi connectivity index (χ1v) is 7.91. The smallest absolute Gasteiger partial charge is 0.374 e. The fraction of sp³-hybridized carbons (Fsp3) is 0.0556. The average molecular weight is 373 g/mol. The molecule has 0 aliphatic rings. The number of carbonyl (C=O) groups is 1. The predicted octanol–water partition coefficient (Wildman–Crippen LogP) is 4.63. The number of halogens is 2. The van der Waals surface area contributed by atoms with Gasteiger partial charge in [0.25, 0.3) is 5.89 Å². The first-order valence-electron chi connectivity index (χ1n) is 7.53. The highest BCUT2D eigenvalue weighted by atomic mass is 35.5. The molecule has 130 valence electrons. The lowest BCUT2D eigenvalue weighted by atomic mass is 10.2. The Bertz CT molecular complexity index is 1090. The van der Waals surface area contributed by atoms with E-state index in [2.05, 4.69) is 10.1 Å². The second kappa shape index (κ2) is 6.61. The van der Waals surface area contributed by atoms with Crippen LogP contribution in [0.15, 0.2) is 57.5 Å². The molecule has 0 spiro atoms. The van der Waals surface area contributed by atoms with Gasteiger partial charge in [-0.15, -0.1) is 0 Å². The van der Waals surface area contributed by atoms with Crippen LogP contribution < -0.4 is 0 Å². The number of ether oxygens (including phenoxy) is 1. The molecule has 0 amide bonds. The Kier molecular flexibility index (Phi) is 4.14. The molecule has 0 saturated carbocycles. The van der Waals surface area contributed by atoms with Crippen LogP contribution in [0.4, 0.5) is 4.39 Å². The van der Waals surface area contributed by atoms with Gasteiger partial charge in [-0.05, 0) is 48.5 Å². The number of hydrogen-bond acceptors (Lipinski definition) is 6. The molecule has 0 fully saturated rings. The van der Waals surface area contributed by atoms with Gasteiger partial charge in [-0.2, -0.15) is 4.98 Å². The van der Waals surface area contributed by atoms with Gasteiger partial charge in [0.05, 0.1) is 0 Å². The maximum Gasteiger partial charge on any atom is 0.374 e. The van der Waals surface area contributed by atoms with Crippen molar-refractivity contribution < 1.29 is 22.9 Å². The number of nitrogens with zero attached hydrogens (tertiary/aromatic N) is 2. The zero-order chi connectivity index (χ0) is 18.1. The maximum absolute atomic E-state index is 12.9. The monoisotopic (exact) mass is 372 g/mol. The number of benzene rings is 2. The zero-order valence-electron chi connectivity index (χ0n) is 13.1. The number of furan rings is 1. The number of rotatable bonds is 4. The number of aromatic nitrogens is 2. The van der Waals surface area contributed by atoms with E-state index in [-0.39, 0.29) is 29.9 Å². The van der Waals surface area contributed by atoms with Gasteiger partial charge in [0.1, 0.15) is 11.4 Å². The van der Waals surface area contributed by atoms with Crippen LogP contribution >= 0.6 is 11.6 Å². The first-order chi connectivity index (χ1) is 12.6. The second-order valence-electron chi connectivity index (χ2n) is 5.39. The van der Waals surface area contributed by atoms with Crippen molar-refractivity contribution in [2.24, 2.45) is 0 Å². The highest BCUT2D eigenvalue weighted by Crippen LogP contribution is 2.24. The van der Waals surface area contributed by atoms with Crippen LogP contribution in [0.1, 0.15) is 16.4 Å². The Morgan fingerprint density at radius 2 is 1.96 bits per heavy atom. The third-order valence-electron chi connectivity index (χ3n) is 3.58. The molecular weight excluding hydrogens is 363 g/mol. The SMILES string of the molecule is O=C(OCc1nc(-c2ccc(F)cc2)no1)c1cc2cc(Cl)ccc2o1. The van der Waals surface area contributed by atoms with Crippen LogP contribution in [0.25, 0.3) is 22.4 Å². The van der Waals surface area contributed by atoms with Crippen LogP contribution in [-0.4, -0.2) is 16.1 Å². The Hall–Kier alpha value is -3.19. The highest BCUT2D eigenvalue weighted by Gasteiger charge is 2.16. The molecule has 2 heterocycles. The second-order valence-corrected chi connectivity index (χ2v) is 5.82. The van der Waals surface area contributed by atoms with E-state index in [0.29, 0.717) is 21.6 Å². The summed E-state index contributed by atoms with van der Waals surface area (Å²) in [7, 11) is 0. The average Bonchev–Trinajstić information content (AvgIpc) is 3.27. The van der Waals surface area contributed by atoms with E-state index in [4.69, 9.17) is 25.3 Å². The lowest BCUT2D eigenvalue weighted by Gasteiger charge is -1.97. The Morgan fingerprint density at radius 3 is 2.77 bits per heavy atom. The molecule has 4 aromatic rings. The zero-order valence-corrected chi connectivity index (χ0v) is 13.9. The summed E-state index contributed by atoms with van der Waals surface area (Å²) in [6, 6.07) is 12.2. The minimum absolute atomic E-state index is 0.0422. The molecule has 0 N–H and O–H groups in total. The van der Waals surface area contributed by atoms with Crippen LogP contribution in [0, 0.1) is 5.82 Å². The largest absolute Gasteiger partial charge is 0.450 e. The molecule has 0 aliphatic carbocycles. The van der Waals surface area contributed by atoms with E-state index in [1.807, 2.05) is 0 Å². The Morgan fingerprint density at radius 1 is 1.15 bits per heavy atom. The van der Waals surface area contributed by atoms with Gasteiger partial charge in [-0.3, -0.25) is 0 Å². The fourth-order valence-corrected chi connectivity index (χ4v) is 2.52. The van der Waals surface area contributed by atoms with E-state index < -0.39 is 5.97 Å². The molecule has 2 aromatic carbocycles. The topological polar surface area (TPSA) is 78.4 Å². The molecule has 6 nitrogen and oxygen atoms in total. The summed E-state index contributed by atoms with van der Waals surface area (Å²) in [5.74, 6) is -0.607. The van der Waals surface area contributed by atoms with E-state index in [9.17, 15) is 9.18 Å². The van der Waals surface area contributed by atoms with Crippen molar-refractivity contribution >= 4 is 28.5 Å². The molecule has 4 rings (SSSR count). The van der Waals surface area contributed by atoms with Gasteiger partial charge in [0, 0.05) is 16.0 Å². The molecule has 0 aliphatic heterocycles. The Labute approximate surface area is 151 Å². The minimum atomic E-state index is -0.668. The van der Waals surface area contributed by atoms with Gasteiger partial charge in [0.2, 0.25) is 11.6 Å². The summed E-state index contributed by atoms with van der Waals surface area (Å²) in [4.78, 5) is 16.2. The lowest BCUT2D eigenvalue weighted by Crippen LogP contribution is -2.04. The third-order valence-corrected chi connectivity index (χ3v) is 3.81. The van der Waals surface area contributed by atoms with Crippen molar-refractivity contribution in [3.8, 4) is 11.4 Å². The van der Waals surface area contributed by atoms with E-state index >= 15 is 0 Å². The molecule has 0 saturated heterocycles. The Balaban J connectivity index is 1.44. The van der Waals surface area contributed by atoms with Gasteiger partial charge in [0.15, 0.2) is 6.61 Å². The number of hydrogen-bond donors (Lipinski definition) is 0. The normalized spacial score (nSPS) is 11.0. The van der Waals surface area contributed by atoms with Crippen LogP contribution in [-0.2, 0) is 11.3 Å². The van der Waals surface area contributed by atoms with Crippen molar-refractivity contribution in [1.29, 1.82) is 0 Å². The number of esters is 1. The van der Waals surface area contributed by atoms with E-state index in [1.54, 1.807) is 24.3 Å². The van der Waals surface area contributed by atoms with Crippen molar-refractivity contribution in [3.05, 3.63) is 71.0 Å². The molecule has 26 heavy (non-hydrogen) atoms. The predicted molar refractivity (Wildman–Crippen MR) is 90.0 cm³/mol. The van der Waals surface area contributed by atoms with Crippen molar-refractivity contribution in [1.82, 2.24) is 10.1 Å². The maximum atomic E-state index is 12.9. The quantitative estimate of drug-likeness (QED) is 0.486. The summed E-state index contributed by atoms with van der Waals surface area (Å²) < 4.78 is 28.5. The summed E-state index contributed by atoms with van der Waals surface area (Å²) in [5.41, 5.74) is 1.11. The third kappa shape index (κ3) is 3.29. The van der Waals surface area contributed by atoms with Gasteiger partial charge < -0.3 is 13.7 Å². The van der Waals surface area contributed by atoms with Crippen LogP contribution in [0.3, 0.4) is 0 Å². The molecule has 8 heteroatoms. The minimum Gasteiger partial charge on any atom is -0.450 e. The fourth-order valence-electron chi connectivity index (χ4n) is 2.34. The van der Waals surface area contributed by atoms with Crippen LogP contribution in [0.2, 0.25) is 5.02 Å². The van der Waals surface area contributed by atoms with E-state index in [1.165, 1.54) is 24.3 Å². The molecule has 0 bridgehead atoms. The standard InChI is InChI=1S/C18H10ClFN2O4/c19-12-3-6-14-11(7-12)8-15(25-14)18(23)24-9-16-21-17(22-26-16)10-1-4-13(20)5-2-10/h1-8H,9H2. The van der Waals surface area contributed by atoms with E-state index in [0.717, 1.165) is 0 Å². The van der Waals surface area contributed by atoms with Crippen molar-refractivity contribution in [3.63, 3.8) is 0 Å². The summed E-state index contributed by atoms with van der Waals surface area (Å²) >= 11 is 5.90. The molecule has 0 unspecified atom stereocenters. The first kappa shape index (κ1) is 16.3. The molecule has 2 aromatic heterocycles. The summed E-state index contributed by atoms with van der Waals surface area (Å²) in [6.07, 6.45) is 0. The van der Waals surface area contributed by atoms with Gasteiger partial charge in [-0.25, -0.2) is 9.18 Å². The highest BCUT2D eigenvalue weighted by molar-refractivity contribution is 6.31. The van der Waals surface area contributed by atoms with Crippen molar-refractivity contribution in [2.75, 3.05) is 0 Å². The van der Waals surface area contributed by atoms with Crippen molar-refractivity contribution in [2.45, 2.75) is 6.61 Å². The van der Waals surface area contributed by atoms with Gasteiger partial charge in [-0.1, -0.05) is 16.8 Å².